The average molecular weight is 385 g/mol. The van der Waals surface area contributed by atoms with E-state index in [2.05, 4.69) is 20.8 Å². The van der Waals surface area contributed by atoms with Gasteiger partial charge in [0.2, 0.25) is 5.16 Å². The molecular formula is C18H19N5O3S. The zero-order valence-electron chi connectivity index (χ0n) is 15.0. The molecule has 1 heterocycles. The summed E-state index contributed by atoms with van der Waals surface area (Å²) >= 11 is 1.47. The number of para-hydroxylation sites is 1. The third kappa shape index (κ3) is 4.56. The topological polar surface area (TPSA) is 91.2 Å². The number of ether oxygens (including phenoxy) is 2. The SMILES string of the molecule is COc1ccc(C(=O)NCCSc2nnnn2-c2ccccc2)cc1OC. The number of hydrogen-bond acceptors (Lipinski definition) is 7. The second-order valence-electron chi connectivity index (χ2n) is 5.38. The highest BCUT2D eigenvalue weighted by atomic mass is 32.2. The molecule has 0 saturated carbocycles. The standard InChI is InChI=1S/C18H19N5O3S/c1-25-15-9-8-13(12-16(15)26-2)17(24)19-10-11-27-18-20-21-22-23(18)14-6-4-3-5-7-14/h3-9,12H,10-11H2,1-2H3,(H,19,24). The first-order chi connectivity index (χ1) is 13.2. The summed E-state index contributed by atoms with van der Waals surface area (Å²) in [5.41, 5.74) is 1.39. The van der Waals surface area contributed by atoms with E-state index in [0.29, 0.717) is 34.5 Å². The van der Waals surface area contributed by atoms with Crippen LogP contribution in [0.15, 0.2) is 53.7 Å². The van der Waals surface area contributed by atoms with Gasteiger partial charge in [-0.1, -0.05) is 30.0 Å². The first kappa shape index (κ1) is 18.7. The summed E-state index contributed by atoms with van der Waals surface area (Å²) in [5.74, 6) is 1.55. The zero-order valence-corrected chi connectivity index (χ0v) is 15.8. The number of thioether (sulfide) groups is 1. The van der Waals surface area contributed by atoms with Crippen molar-refractivity contribution in [1.29, 1.82) is 0 Å². The zero-order chi connectivity index (χ0) is 19.1. The van der Waals surface area contributed by atoms with Crippen LogP contribution in [0.3, 0.4) is 0 Å². The molecule has 8 nitrogen and oxygen atoms in total. The van der Waals surface area contributed by atoms with Gasteiger partial charge in [-0.05, 0) is 40.8 Å². The Bertz CT molecular complexity index is 901. The molecule has 0 atom stereocenters. The van der Waals surface area contributed by atoms with Crippen molar-refractivity contribution < 1.29 is 14.3 Å². The van der Waals surface area contributed by atoms with Crippen LogP contribution in [0.1, 0.15) is 10.4 Å². The Labute approximate surface area is 160 Å². The van der Waals surface area contributed by atoms with E-state index in [0.717, 1.165) is 5.69 Å². The first-order valence-corrected chi connectivity index (χ1v) is 9.18. The van der Waals surface area contributed by atoms with E-state index in [9.17, 15) is 4.79 Å². The smallest absolute Gasteiger partial charge is 0.251 e. The molecule has 2 aromatic carbocycles. The molecule has 0 bridgehead atoms. The van der Waals surface area contributed by atoms with Crippen molar-refractivity contribution in [2.75, 3.05) is 26.5 Å². The fourth-order valence-corrected chi connectivity index (χ4v) is 3.13. The number of amides is 1. The van der Waals surface area contributed by atoms with Gasteiger partial charge in [0.05, 0.1) is 19.9 Å². The highest BCUT2D eigenvalue weighted by Gasteiger charge is 2.11. The quantitative estimate of drug-likeness (QED) is 0.469. The average Bonchev–Trinajstić information content (AvgIpc) is 3.19. The van der Waals surface area contributed by atoms with Gasteiger partial charge in [-0.3, -0.25) is 4.79 Å². The molecule has 1 amide bonds. The van der Waals surface area contributed by atoms with E-state index >= 15 is 0 Å². The maximum Gasteiger partial charge on any atom is 0.251 e. The van der Waals surface area contributed by atoms with Crippen molar-refractivity contribution in [2.24, 2.45) is 0 Å². The Kier molecular flexibility index (Phi) is 6.26. The lowest BCUT2D eigenvalue weighted by atomic mass is 10.2. The summed E-state index contributed by atoms with van der Waals surface area (Å²) in [5, 5.41) is 15.3. The molecule has 140 valence electrons. The monoisotopic (exact) mass is 385 g/mol. The molecule has 1 aromatic heterocycles. The van der Waals surface area contributed by atoms with Crippen LogP contribution in [0, 0.1) is 0 Å². The molecule has 0 fully saturated rings. The summed E-state index contributed by atoms with van der Waals surface area (Å²) in [6.45, 7) is 0.472. The lowest BCUT2D eigenvalue weighted by molar-refractivity contribution is 0.0955. The third-order valence-electron chi connectivity index (χ3n) is 3.71. The molecule has 0 aliphatic rings. The highest BCUT2D eigenvalue weighted by Crippen LogP contribution is 2.27. The molecule has 0 aliphatic carbocycles. The van der Waals surface area contributed by atoms with Crippen molar-refractivity contribution in [2.45, 2.75) is 5.16 Å². The van der Waals surface area contributed by atoms with E-state index in [-0.39, 0.29) is 5.91 Å². The van der Waals surface area contributed by atoms with Crippen LogP contribution in [0.4, 0.5) is 0 Å². The van der Waals surface area contributed by atoms with Gasteiger partial charge in [-0.15, -0.1) is 5.10 Å². The number of carbonyl (C=O) groups is 1. The van der Waals surface area contributed by atoms with Gasteiger partial charge >= 0.3 is 0 Å². The van der Waals surface area contributed by atoms with Gasteiger partial charge in [0.1, 0.15) is 0 Å². The Morgan fingerprint density at radius 1 is 1.11 bits per heavy atom. The number of nitrogens with one attached hydrogen (secondary N) is 1. The maximum absolute atomic E-state index is 12.3. The normalized spacial score (nSPS) is 10.4. The van der Waals surface area contributed by atoms with E-state index in [1.807, 2.05) is 30.3 Å². The van der Waals surface area contributed by atoms with Gasteiger partial charge in [0.25, 0.3) is 5.91 Å². The summed E-state index contributed by atoms with van der Waals surface area (Å²) in [4.78, 5) is 12.3. The van der Waals surface area contributed by atoms with Gasteiger partial charge in [-0.2, -0.15) is 4.68 Å². The van der Waals surface area contributed by atoms with Crippen molar-refractivity contribution >= 4 is 17.7 Å². The lowest BCUT2D eigenvalue weighted by Gasteiger charge is -2.10. The minimum atomic E-state index is -0.181. The van der Waals surface area contributed by atoms with Crippen LogP contribution in [-0.2, 0) is 0 Å². The van der Waals surface area contributed by atoms with E-state index in [1.165, 1.54) is 18.9 Å². The molecule has 0 aliphatic heterocycles. The number of benzene rings is 2. The van der Waals surface area contributed by atoms with Crippen molar-refractivity contribution in [3.05, 3.63) is 54.1 Å². The number of nitrogens with zero attached hydrogens (tertiary/aromatic N) is 4. The highest BCUT2D eigenvalue weighted by molar-refractivity contribution is 7.99. The van der Waals surface area contributed by atoms with Crippen molar-refractivity contribution in [1.82, 2.24) is 25.5 Å². The molecule has 3 aromatic rings. The molecule has 27 heavy (non-hydrogen) atoms. The van der Waals surface area contributed by atoms with Crippen LogP contribution >= 0.6 is 11.8 Å². The first-order valence-electron chi connectivity index (χ1n) is 8.19. The minimum absolute atomic E-state index is 0.181. The number of aromatic nitrogens is 4. The predicted octanol–water partition coefficient (Wildman–Crippen LogP) is 2.20. The Morgan fingerprint density at radius 2 is 1.89 bits per heavy atom. The van der Waals surface area contributed by atoms with Crippen LogP contribution in [0.2, 0.25) is 0 Å². The largest absolute Gasteiger partial charge is 0.493 e. The number of rotatable bonds is 8. The molecule has 0 spiro atoms. The second kappa shape index (κ2) is 9.04. The molecule has 0 saturated heterocycles. The predicted molar refractivity (Wildman–Crippen MR) is 102 cm³/mol. The summed E-state index contributed by atoms with van der Waals surface area (Å²) in [7, 11) is 3.09. The fourth-order valence-electron chi connectivity index (χ4n) is 2.39. The summed E-state index contributed by atoms with van der Waals surface area (Å²) in [6.07, 6.45) is 0. The summed E-state index contributed by atoms with van der Waals surface area (Å²) < 4.78 is 12.1. The van der Waals surface area contributed by atoms with Gasteiger partial charge in [0.15, 0.2) is 11.5 Å². The second-order valence-corrected chi connectivity index (χ2v) is 6.45. The molecule has 0 unspecified atom stereocenters. The van der Waals surface area contributed by atoms with Crippen LogP contribution in [-0.4, -0.2) is 52.6 Å². The minimum Gasteiger partial charge on any atom is -0.493 e. The van der Waals surface area contributed by atoms with E-state index in [1.54, 1.807) is 30.0 Å². The molecule has 0 radical (unpaired) electrons. The van der Waals surface area contributed by atoms with Gasteiger partial charge in [0, 0.05) is 17.9 Å². The van der Waals surface area contributed by atoms with Gasteiger partial charge in [-0.25, -0.2) is 0 Å². The van der Waals surface area contributed by atoms with Gasteiger partial charge < -0.3 is 14.8 Å². The number of tetrazole rings is 1. The molecule has 9 heteroatoms. The Morgan fingerprint density at radius 3 is 2.63 bits per heavy atom. The van der Waals surface area contributed by atoms with Crippen molar-refractivity contribution in [3.63, 3.8) is 0 Å². The summed E-state index contributed by atoms with van der Waals surface area (Å²) in [6, 6.07) is 14.7. The molecule has 1 N–H and O–H groups in total. The molecule has 3 rings (SSSR count). The number of carbonyl (C=O) groups excluding carboxylic acids is 1. The van der Waals surface area contributed by atoms with Crippen LogP contribution in [0.25, 0.3) is 5.69 Å². The number of methoxy groups -OCH3 is 2. The maximum atomic E-state index is 12.3. The molecular weight excluding hydrogens is 366 g/mol. The van der Waals surface area contributed by atoms with E-state index in [4.69, 9.17) is 9.47 Å². The number of hydrogen-bond donors (Lipinski definition) is 1. The lowest BCUT2D eigenvalue weighted by Crippen LogP contribution is -2.25. The van der Waals surface area contributed by atoms with Crippen LogP contribution in [0.5, 0.6) is 11.5 Å². The van der Waals surface area contributed by atoms with E-state index < -0.39 is 0 Å². The third-order valence-corrected chi connectivity index (χ3v) is 4.63. The van der Waals surface area contributed by atoms with Crippen molar-refractivity contribution in [3.8, 4) is 17.2 Å². The Hall–Kier alpha value is -3.07. The van der Waals surface area contributed by atoms with Crippen LogP contribution < -0.4 is 14.8 Å². The Balaban J connectivity index is 1.54. The fraction of sp³-hybridized carbons (Fsp3) is 0.222.